The average molecular weight is 617 g/mol. The molecule has 1 aliphatic rings. The van der Waals surface area contributed by atoms with Gasteiger partial charge < -0.3 is 15.2 Å². The van der Waals surface area contributed by atoms with Crippen LogP contribution >= 0.6 is 35.6 Å². The topological polar surface area (TPSA) is 126 Å². The summed E-state index contributed by atoms with van der Waals surface area (Å²) in [5.74, 6) is -1.10. The monoisotopic (exact) mass is 615 g/mol. The van der Waals surface area contributed by atoms with Crippen LogP contribution in [0.15, 0.2) is 41.3 Å². The first-order valence-corrected chi connectivity index (χ1v) is 14.2. The van der Waals surface area contributed by atoms with Crippen LogP contribution in [-0.4, -0.2) is 53.8 Å². The molecule has 1 amide bonds. The highest BCUT2D eigenvalue weighted by Gasteiger charge is 2.40. The van der Waals surface area contributed by atoms with E-state index in [0.29, 0.717) is 24.1 Å². The van der Waals surface area contributed by atoms with Gasteiger partial charge >= 0.3 is 5.97 Å². The zero-order valence-corrected chi connectivity index (χ0v) is 24.4. The molecule has 1 atom stereocenters. The van der Waals surface area contributed by atoms with Gasteiger partial charge in [0.2, 0.25) is 15.9 Å². The molecule has 2 aromatic carbocycles. The Morgan fingerprint density at radius 1 is 1.21 bits per heavy atom. The number of aryl methyl sites for hydroxylation is 2. The molecule has 39 heavy (non-hydrogen) atoms. The van der Waals surface area contributed by atoms with Crippen LogP contribution in [0.25, 0.3) is 10.9 Å². The van der Waals surface area contributed by atoms with Gasteiger partial charge in [-0.25, -0.2) is 13.4 Å². The van der Waals surface area contributed by atoms with Crippen LogP contribution in [-0.2, 0) is 26.2 Å². The molecule has 0 aliphatic carbocycles. The van der Waals surface area contributed by atoms with Crippen molar-refractivity contribution < 1.29 is 27.9 Å². The summed E-state index contributed by atoms with van der Waals surface area (Å²) < 4.78 is 34.4. The number of aliphatic carboxylic acids is 1. The van der Waals surface area contributed by atoms with Crippen molar-refractivity contribution in [2.45, 2.75) is 50.7 Å². The molecule has 2 heterocycles. The van der Waals surface area contributed by atoms with Crippen molar-refractivity contribution in [1.82, 2.24) is 14.6 Å². The number of halogens is 3. The molecular weight excluding hydrogens is 589 g/mol. The first-order chi connectivity index (χ1) is 18.0. The molecule has 1 saturated heterocycles. The molecule has 1 fully saturated rings. The molecule has 0 radical (unpaired) electrons. The Labute approximate surface area is 242 Å². The summed E-state index contributed by atoms with van der Waals surface area (Å²) in [6, 6.07) is 9.33. The predicted molar refractivity (Wildman–Crippen MR) is 151 cm³/mol. The zero-order chi connectivity index (χ0) is 27.6. The van der Waals surface area contributed by atoms with Crippen LogP contribution in [0.3, 0.4) is 0 Å². The Hall–Kier alpha value is -2.63. The van der Waals surface area contributed by atoms with Crippen molar-refractivity contribution in [2.24, 2.45) is 0 Å². The number of carboxylic acid groups (broad SMARTS) is 1. The molecule has 1 aromatic heterocycles. The summed E-state index contributed by atoms with van der Waals surface area (Å²) in [7, 11) is -4.18. The third kappa shape index (κ3) is 6.58. The summed E-state index contributed by atoms with van der Waals surface area (Å²) >= 11 is 13.0. The number of carbonyl (C=O) groups is 2. The number of pyridine rings is 1. The smallest absolute Gasteiger partial charge is 0.305 e. The van der Waals surface area contributed by atoms with Crippen molar-refractivity contribution in [2.75, 3.05) is 13.1 Å². The van der Waals surface area contributed by atoms with Gasteiger partial charge in [-0.3, -0.25) is 9.59 Å². The summed E-state index contributed by atoms with van der Waals surface area (Å²) in [6.07, 6.45) is 0.527. The molecule has 0 spiro atoms. The number of para-hydroxylation sites is 1. The second kappa shape index (κ2) is 12.7. The van der Waals surface area contributed by atoms with Gasteiger partial charge in [-0.1, -0.05) is 35.3 Å². The predicted octanol–water partition coefficient (Wildman–Crippen LogP) is 4.90. The number of rotatable bonds is 9. The van der Waals surface area contributed by atoms with Crippen molar-refractivity contribution in [1.29, 1.82) is 0 Å². The van der Waals surface area contributed by atoms with Gasteiger partial charge in [0.1, 0.15) is 28.8 Å². The summed E-state index contributed by atoms with van der Waals surface area (Å²) in [6.45, 7) is 3.81. The molecule has 0 bridgehead atoms. The van der Waals surface area contributed by atoms with Crippen LogP contribution in [0, 0.1) is 13.8 Å². The lowest BCUT2D eigenvalue weighted by atomic mass is 10.1. The Bertz CT molecular complexity index is 1520. The Morgan fingerprint density at radius 2 is 1.95 bits per heavy atom. The number of hydrogen-bond donors (Lipinski definition) is 2. The fraction of sp³-hybridized carbons (Fsp3) is 0.346. The van der Waals surface area contributed by atoms with Gasteiger partial charge in [0.15, 0.2) is 0 Å². The largest absolute Gasteiger partial charge is 0.487 e. The van der Waals surface area contributed by atoms with Crippen molar-refractivity contribution in [3.63, 3.8) is 0 Å². The molecular formula is C26H28Cl3N3O6S. The fourth-order valence-corrected chi connectivity index (χ4v) is 7.08. The highest BCUT2D eigenvalue weighted by molar-refractivity contribution is 7.89. The number of carbonyl (C=O) groups excluding carboxylic acids is 1. The van der Waals surface area contributed by atoms with Crippen LogP contribution < -0.4 is 10.1 Å². The van der Waals surface area contributed by atoms with Gasteiger partial charge in [0, 0.05) is 34.8 Å². The standard InChI is InChI=1S/C26H27Cl2N3O6S.ClH/c1-15-13-16(2)30-25-17(15)5-3-7-21(25)37-14-18-19(27)8-9-22(24(18)28)38(35,36)31-12-4-6-20(31)26(34)29-11-10-23(32)33;/h3,5,7-9,13,20H,4,6,10-12,14H2,1-2H3,(H,29,34)(H,32,33);1H. The second-order valence-electron chi connectivity index (χ2n) is 9.07. The molecule has 4 rings (SSSR count). The number of aromatic nitrogens is 1. The van der Waals surface area contributed by atoms with E-state index < -0.39 is 27.9 Å². The lowest BCUT2D eigenvalue weighted by molar-refractivity contribution is -0.137. The maximum Gasteiger partial charge on any atom is 0.305 e. The van der Waals surface area contributed by atoms with Crippen LogP contribution in [0.1, 0.15) is 36.1 Å². The molecule has 9 nitrogen and oxygen atoms in total. The third-order valence-electron chi connectivity index (χ3n) is 6.39. The number of nitrogens with zero attached hydrogens (tertiary/aromatic N) is 2. The molecule has 210 valence electrons. The molecule has 1 aliphatic heterocycles. The Morgan fingerprint density at radius 3 is 2.67 bits per heavy atom. The van der Waals surface area contributed by atoms with E-state index in [4.69, 9.17) is 33.0 Å². The van der Waals surface area contributed by atoms with Crippen LogP contribution in [0.5, 0.6) is 5.75 Å². The van der Waals surface area contributed by atoms with Crippen molar-refractivity contribution >= 4 is 68.4 Å². The quantitative estimate of drug-likeness (QED) is 0.350. The van der Waals surface area contributed by atoms with E-state index in [1.165, 1.54) is 12.1 Å². The minimum Gasteiger partial charge on any atom is -0.487 e. The van der Waals surface area contributed by atoms with Crippen LogP contribution in [0.4, 0.5) is 0 Å². The average Bonchev–Trinajstić information content (AvgIpc) is 3.35. The number of hydrogen-bond acceptors (Lipinski definition) is 6. The van der Waals surface area contributed by atoms with E-state index >= 15 is 0 Å². The van der Waals surface area contributed by atoms with E-state index in [1.807, 2.05) is 32.0 Å². The lowest BCUT2D eigenvalue weighted by Crippen LogP contribution is -2.46. The minimum atomic E-state index is -4.18. The number of carboxylic acids is 1. The summed E-state index contributed by atoms with van der Waals surface area (Å²) in [5, 5.41) is 12.4. The summed E-state index contributed by atoms with van der Waals surface area (Å²) in [5.41, 5.74) is 2.85. The van der Waals surface area contributed by atoms with E-state index in [2.05, 4.69) is 10.3 Å². The number of ether oxygens (including phenoxy) is 1. The highest BCUT2D eigenvalue weighted by Crippen LogP contribution is 2.36. The minimum absolute atomic E-state index is 0. The second-order valence-corrected chi connectivity index (χ2v) is 11.7. The van der Waals surface area contributed by atoms with Crippen molar-refractivity contribution in [3.05, 3.63) is 63.3 Å². The number of amides is 1. The maximum absolute atomic E-state index is 13.6. The lowest BCUT2D eigenvalue weighted by Gasteiger charge is -2.24. The zero-order valence-electron chi connectivity index (χ0n) is 21.2. The van der Waals surface area contributed by atoms with Gasteiger partial charge in [-0.15, -0.1) is 12.4 Å². The molecule has 1 unspecified atom stereocenters. The Kier molecular flexibility index (Phi) is 10.1. The van der Waals surface area contributed by atoms with Gasteiger partial charge in [-0.2, -0.15) is 4.31 Å². The fourth-order valence-electron chi connectivity index (χ4n) is 4.56. The Balaban J connectivity index is 0.00000420. The maximum atomic E-state index is 13.6. The number of sulfonamides is 1. The van der Waals surface area contributed by atoms with E-state index in [0.717, 1.165) is 20.9 Å². The van der Waals surface area contributed by atoms with Crippen LogP contribution in [0.2, 0.25) is 10.0 Å². The number of benzene rings is 2. The summed E-state index contributed by atoms with van der Waals surface area (Å²) in [4.78, 5) is 27.8. The van der Waals surface area contributed by atoms with E-state index in [1.54, 1.807) is 6.07 Å². The van der Waals surface area contributed by atoms with Crippen molar-refractivity contribution in [3.8, 4) is 5.75 Å². The first-order valence-electron chi connectivity index (χ1n) is 12.0. The van der Waals surface area contributed by atoms with E-state index in [-0.39, 0.29) is 59.0 Å². The number of fused-ring (bicyclic) bond motifs is 1. The van der Waals surface area contributed by atoms with Gasteiger partial charge in [-0.05, 0) is 56.5 Å². The molecule has 13 heteroatoms. The molecule has 2 N–H and O–H groups in total. The van der Waals surface area contributed by atoms with Gasteiger partial charge in [0.25, 0.3) is 0 Å². The van der Waals surface area contributed by atoms with Gasteiger partial charge in [0.05, 0.1) is 11.4 Å². The normalized spacial score (nSPS) is 15.6. The third-order valence-corrected chi connectivity index (χ3v) is 9.24. The SMILES string of the molecule is Cc1cc(C)c2cccc(OCc3c(Cl)ccc(S(=O)(=O)N4CCCC4C(=O)NCCC(=O)O)c3Cl)c2n1.Cl. The number of nitrogens with one attached hydrogen (secondary N) is 1. The highest BCUT2D eigenvalue weighted by atomic mass is 35.5. The van der Waals surface area contributed by atoms with E-state index in [9.17, 15) is 18.0 Å². The molecule has 0 saturated carbocycles. The first kappa shape index (κ1) is 30.9. The molecule has 3 aromatic rings.